The first-order valence-corrected chi connectivity index (χ1v) is 7.07. The molecular formula is C14H14F6N2O3. The Bertz CT molecular complexity index is 607. The van der Waals surface area contributed by atoms with Crippen molar-refractivity contribution in [2.75, 3.05) is 31.1 Å². The van der Waals surface area contributed by atoms with Crippen LogP contribution in [-0.2, 0) is 5.60 Å². The van der Waals surface area contributed by atoms with Crippen LogP contribution in [0.5, 0.6) is 0 Å². The van der Waals surface area contributed by atoms with Crippen LogP contribution in [0.3, 0.4) is 0 Å². The summed E-state index contributed by atoms with van der Waals surface area (Å²) in [4.78, 5) is 13.6. The van der Waals surface area contributed by atoms with Gasteiger partial charge in [-0.25, -0.2) is 4.79 Å². The highest BCUT2D eigenvalue weighted by Crippen LogP contribution is 2.50. The third kappa shape index (κ3) is 3.46. The Morgan fingerprint density at radius 3 is 1.68 bits per heavy atom. The first-order valence-electron chi connectivity index (χ1n) is 7.07. The van der Waals surface area contributed by atoms with Crippen molar-refractivity contribution >= 4 is 11.8 Å². The minimum Gasteiger partial charge on any atom is -0.465 e. The van der Waals surface area contributed by atoms with Crippen molar-refractivity contribution in [1.82, 2.24) is 4.90 Å². The highest BCUT2D eigenvalue weighted by atomic mass is 19.4. The molecule has 0 aromatic heterocycles. The number of alkyl halides is 6. The molecule has 5 nitrogen and oxygen atoms in total. The van der Waals surface area contributed by atoms with E-state index in [0.717, 1.165) is 17.0 Å². The number of anilines is 1. The third-order valence-corrected chi connectivity index (χ3v) is 4.02. The second kappa shape index (κ2) is 6.28. The van der Waals surface area contributed by atoms with Crippen molar-refractivity contribution in [2.45, 2.75) is 18.0 Å². The summed E-state index contributed by atoms with van der Waals surface area (Å²) in [6, 6.07) is 3.21. The van der Waals surface area contributed by atoms with Gasteiger partial charge in [-0.2, -0.15) is 26.3 Å². The van der Waals surface area contributed by atoms with E-state index in [-0.39, 0.29) is 26.2 Å². The summed E-state index contributed by atoms with van der Waals surface area (Å²) in [5.41, 5.74) is -5.96. The Morgan fingerprint density at radius 1 is 0.880 bits per heavy atom. The van der Waals surface area contributed by atoms with Gasteiger partial charge in [0.25, 0.3) is 5.60 Å². The number of hydrogen-bond acceptors (Lipinski definition) is 3. The van der Waals surface area contributed by atoms with E-state index in [4.69, 9.17) is 5.11 Å². The Labute approximate surface area is 138 Å². The lowest BCUT2D eigenvalue weighted by molar-refractivity contribution is -0.376. The quantitative estimate of drug-likeness (QED) is 0.784. The average Bonchev–Trinajstić information content (AvgIpc) is 2.52. The molecule has 0 spiro atoms. The lowest BCUT2D eigenvalue weighted by Crippen LogP contribution is -2.54. The van der Waals surface area contributed by atoms with Crippen molar-refractivity contribution < 1.29 is 41.4 Å². The zero-order valence-electron chi connectivity index (χ0n) is 12.6. The lowest BCUT2D eigenvalue weighted by atomic mass is 9.92. The Morgan fingerprint density at radius 2 is 1.32 bits per heavy atom. The van der Waals surface area contributed by atoms with E-state index in [1.807, 2.05) is 0 Å². The van der Waals surface area contributed by atoms with Crippen LogP contribution in [0.2, 0.25) is 0 Å². The van der Waals surface area contributed by atoms with Gasteiger partial charge in [0.2, 0.25) is 0 Å². The number of carboxylic acid groups (broad SMARTS) is 1. The fourth-order valence-corrected chi connectivity index (χ4v) is 2.56. The number of piperazine rings is 1. The Kier molecular flexibility index (Phi) is 4.81. The summed E-state index contributed by atoms with van der Waals surface area (Å²) in [7, 11) is 0. The molecule has 1 aromatic rings. The summed E-state index contributed by atoms with van der Waals surface area (Å²) in [5.74, 6) is 0. The monoisotopic (exact) mass is 372 g/mol. The molecular weight excluding hydrogens is 358 g/mol. The van der Waals surface area contributed by atoms with Gasteiger partial charge < -0.3 is 20.0 Å². The Balaban J connectivity index is 2.23. The average molecular weight is 372 g/mol. The molecule has 0 unspecified atom stereocenters. The van der Waals surface area contributed by atoms with Crippen molar-refractivity contribution in [2.24, 2.45) is 0 Å². The molecule has 11 heteroatoms. The number of rotatable bonds is 2. The molecule has 2 N–H and O–H groups in total. The van der Waals surface area contributed by atoms with Crippen LogP contribution in [0, 0.1) is 0 Å². The SMILES string of the molecule is O=C(O)N1CCN(c2ccc(C(O)(C(F)(F)F)C(F)(F)F)cc2)CC1. The van der Waals surface area contributed by atoms with Gasteiger partial charge in [0.1, 0.15) is 0 Å². The zero-order chi connectivity index (χ0) is 19.0. The van der Waals surface area contributed by atoms with Crippen LogP contribution >= 0.6 is 0 Å². The fourth-order valence-electron chi connectivity index (χ4n) is 2.56. The van der Waals surface area contributed by atoms with Crippen molar-refractivity contribution in [3.05, 3.63) is 29.8 Å². The van der Waals surface area contributed by atoms with E-state index >= 15 is 0 Å². The molecule has 1 heterocycles. The molecule has 1 aliphatic heterocycles. The topological polar surface area (TPSA) is 64.0 Å². The highest BCUT2D eigenvalue weighted by Gasteiger charge is 2.71. The largest absolute Gasteiger partial charge is 0.465 e. The summed E-state index contributed by atoms with van der Waals surface area (Å²) >= 11 is 0. The first-order chi connectivity index (χ1) is 11.4. The van der Waals surface area contributed by atoms with Gasteiger partial charge in [-0.3, -0.25) is 0 Å². The molecule has 25 heavy (non-hydrogen) atoms. The maximum Gasteiger partial charge on any atom is 0.430 e. The van der Waals surface area contributed by atoms with Gasteiger partial charge in [-0.1, -0.05) is 12.1 Å². The molecule has 0 atom stereocenters. The van der Waals surface area contributed by atoms with E-state index in [2.05, 4.69) is 0 Å². The molecule has 1 aliphatic rings. The number of hydrogen-bond donors (Lipinski definition) is 2. The number of halogens is 6. The zero-order valence-corrected chi connectivity index (χ0v) is 12.6. The normalized spacial score (nSPS) is 16.9. The predicted octanol–water partition coefficient (Wildman–Crippen LogP) is 2.80. The van der Waals surface area contributed by atoms with Crippen LogP contribution in [0.25, 0.3) is 0 Å². The predicted molar refractivity (Wildman–Crippen MR) is 74.3 cm³/mol. The summed E-state index contributed by atoms with van der Waals surface area (Å²) in [6.45, 7) is 0.807. The van der Waals surface area contributed by atoms with Crippen LogP contribution in [0.1, 0.15) is 5.56 Å². The van der Waals surface area contributed by atoms with Gasteiger partial charge in [0.05, 0.1) is 0 Å². The number of carbonyl (C=O) groups is 1. The van der Waals surface area contributed by atoms with Gasteiger partial charge in [-0.15, -0.1) is 0 Å². The summed E-state index contributed by atoms with van der Waals surface area (Å²) < 4.78 is 76.9. The first kappa shape index (κ1) is 19.2. The van der Waals surface area contributed by atoms with Crippen LogP contribution < -0.4 is 4.90 Å². The van der Waals surface area contributed by atoms with E-state index in [9.17, 15) is 36.2 Å². The second-order valence-electron chi connectivity index (χ2n) is 5.51. The third-order valence-electron chi connectivity index (χ3n) is 4.02. The summed E-state index contributed by atoms with van der Waals surface area (Å²) in [5, 5.41) is 18.2. The molecule has 0 aliphatic carbocycles. The standard InChI is InChI=1S/C14H14F6N2O3/c15-13(16,17)12(25,14(18,19)20)9-1-3-10(4-2-9)21-5-7-22(8-6-21)11(23)24/h1-4,25H,5-8H2,(H,23,24). The molecule has 1 aromatic carbocycles. The van der Waals surface area contributed by atoms with Crippen molar-refractivity contribution in [1.29, 1.82) is 0 Å². The smallest absolute Gasteiger partial charge is 0.430 e. The number of amides is 1. The van der Waals surface area contributed by atoms with Crippen LogP contribution in [-0.4, -0.2) is 59.7 Å². The molecule has 1 fully saturated rings. The van der Waals surface area contributed by atoms with Gasteiger partial charge >= 0.3 is 18.4 Å². The van der Waals surface area contributed by atoms with E-state index < -0.39 is 29.6 Å². The molecule has 0 radical (unpaired) electrons. The molecule has 1 saturated heterocycles. The minimum absolute atomic E-state index is 0.159. The van der Waals surface area contributed by atoms with Crippen LogP contribution in [0.15, 0.2) is 24.3 Å². The Hall–Kier alpha value is -2.17. The van der Waals surface area contributed by atoms with Crippen molar-refractivity contribution in [3.8, 4) is 0 Å². The second-order valence-corrected chi connectivity index (χ2v) is 5.51. The summed E-state index contributed by atoms with van der Waals surface area (Å²) in [6.07, 6.45) is -13.0. The van der Waals surface area contributed by atoms with Gasteiger partial charge in [0.15, 0.2) is 0 Å². The lowest BCUT2D eigenvalue weighted by Gasteiger charge is -2.35. The number of benzene rings is 1. The maximum atomic E-state index is 12.8. The fraction of sp³-hybridized carbons (Fsp3) is 0.500. The molecule has 0 saturated carbocycles. The number of nitrogens with zero attached hydrogens (tertiary/aromatic N) is 2. The van der Waals surface area contributed by atoms with E-state index in [1.54, 1.807) is 4.90 Å². The molecule has 0 bridgehead atoms. The molecule has 1 amide bonds. The number of aliphatic hydroxyl groups is 1. The van der Waals surface area contributed by atoms with Crippen LogP contribution in [0.4, 0.5) is 36.8 Å². The maximum absolute atomic E-state index is 12.8. The van der Waals surface area contributed by atoms with Gasteiger partial charge in [-0.05, 0) is 12.1 Å². The molecule has 140 valence electrons. The van der Waals surface area contributed by atoms with Crippen molar-refractivity contribution in [3.63, 3.8) is 0 Å². The minimum atomic E-state index is -5.93. The van der Waals surface area contributed by atoms with Gasteiger partial charge in [0, 0.05) is 37.4 Å². The highest BCUT2D eigenvalue weighted by molar-refractivity contribution is 5.65. The van der Waals surface area contributed by atoms with E-state index in [1.165, 1.54) is 0 Å². The molecule has 2 rings (SSSR count). The van der Waals surface area contributed by atoms with E-state index in [0.29, 0.717) is 17.8 Å².